The fraction of sp³-hybridized carbons (Fsp3) is 0.0909. The average molecular weight is 214 g/mol. The highest BCUT2D eigenvalue weighted by Gasteiger charge is 2.09. The van der Waals surface area contributed by atoms with Crippen LogP contribution in [0.1, 0.15) is 16.1 Å². The van der Waals surface area contributed by atoms with Crippen molar-refractivity contribution in [3.05, 3.63) is 41.9 Å². The third-order valence-corrected chi connectivity index (χ3v) is 2.14. The summed E-state index contributed by atoms with van der Waals surface area (Å²) in [6.45, 7) is 1.72. The number of nitrogens with two attached hydrogens (primary N) is 1. The monoisotopic (exact) mass is 214 g/mol. The summed E-state index contributed by atoms with van der Waals surface area (Å²) in [5.41, 5.74) is 6.73. The predicted octanol–water partition coefficient (Wildman–Crippen LogP) is 0.946. The second-order valence-electron chi connectivity index (χ2n) is 3.27. The molecular formula is C11H10N4O. The van der Waals surface area contributed by atoms with Gasteiger partial charge in [-0.25, -0.2) is 9.97 Å². The van der Waals surface area contributed by atoms with Gasteiger partial charge in [0.1, 0.15) is 5.69 Å². The fourth-order valence-corrected chi connectivity index (χ4v) is 1.33. The first kappa shape index (κ1) is 10.2. The van der Waals surface area contributed by atoms with Gasteiger partial charge in [0, 0.05) is 12.4 Å². The maximum absolute atomic E-state index is 11.0. The number of aryl methyl sites for hydroxylation is 1. The van der Waals surface area contributed by atoms with Crippen molar-refractivity contribution in [2.75, 3.05) is 0 Å². The minimum atomic E-state index is -0.523. The standard InChI is InChI=1S/C11H10N4O/c1-7-8(10(12)16)6-14-11(15-7)9-4-2-3-5-13-9/h2-6H,1H3,(H2,12,16). The number of aromatic nitrogens is 3. The molecule has 0 fully saturated rings. The molecule has 80 valence electrons. The van der Waals surface area contributed by atoms with Crippen LogP contribution in [0.3, 0.4) is 0 Å². The van der Waals surface area contributed by atoms with Gasteiger partial charge in [-0.05, 0) is 19.1 Å². The van der Waals surface area contributed by atoms with Crippen LogP contribution in [0.15, 0.2) is 30.6 Å². The second kappa shape index (κ2) is 4.06. The Morgan fingerprint density at radius 2 is 2.12 bits per heavy atom. The highest BCUT2D eigenvalue weighted by molar-refractivity contribution is 5.93. The van der Waals surface area contributed by atoms with E-state index in [2.05, 4.69) is 15.0 Å². The highest BCUT2D eigenvalue weighted by Crippen LogP contribution is 2.12. The van der Waals surface area contributed by atoms with Gasteiger partial charge < -0.3 is 5.73 Å². The number of primary amides is 1. The van der Waals surface area contributed by atoms with Crippen LogP contribution in [-0.4, -0.2) is 20.9 Å². The number of hydrogen-bond donors (Lipinski definition) is 1. The van der Waals surface area contributed by atoms with Crippen molar-refractivity contribution in [2.24, 2.45) is 5.73 Å². The van der Waals surface area contributed by atoms with Gasteiger partial charge in [0.25, 0.3) is 5.91 Å². The molecule has 0 saturated carbocycles. The summed E-state index contributed by atoms with van der Waals surface area (Å²) in [4.78, 5) is 23.4. The van der Waals surface area contributed by atoms with Crippen molar-refractivity contribution in [3.8, 4) is 11.5 Å². The molecule has 5 nitrogen and oxygen atoms in total. The van der Waals surface area contributed by atoms with Crippen molar-refractivity contribution in [2.45, 2.75) is 6.92 Å². The summed E-state index contributed by atoms with van der Waals surface area (Å²) in [5, 5.41) is 0. The lowest BCUT2D eigenvalue weighted by Gasteiger charge is -2.03. The van der Waals surface area contributed by atoms with Crippen LogP contribution in [0, 0.1) is 6.92 Å². The van der Waals surface area contributed by atoms with Crippen LogP contribution < -0.4 is 5.73 Å². The van der Waals surface area contributed by atoms with Crippen molar-refractivity contribution < 1.29 is 4.79 Å². The Morgan fingerprint density at radius 3 is 2.69 bits per heavy atom. The lowest BCUT2D eigenvalue weighted by atomic mass is 10.2. The molecule has 2 aromatic heterocycles. The van der Waals surface area contributed by atoms with E-state index >= 15 is 0 Å². The van der Waals surface area contributed by atoms with E-state index in [9.17, 15) is 4.79 Å². The van der Waals surface area contributed by atoms with E-state index in [1.54, 1.807) is 19.2 Å². The minimum Gasteiger partial charge on any atom is -0.365 e. The van der Waals surface area contributed by atoms with Crippen molar-refractivity contribution in [3.63, 3.8) is 0 Å². The van der Waals surface area contributed by atoms with Gasteiger partial charge in [0.15, 0.2) is 5.82 Å². The van der Waals surface area contributed by atoms with Gasteiger partial charge in [-0.1, -0.05) is 6.07 Å². The smallest absolute Gasteiger partial charge is 0.252 e. The van der Waals surface area contributed by atoms with Gasteiger partial charge in [-0.3, -0.25) is 9.78 Å². The van der Waals surface area contributed by atoms with Crippen molar-refractivity contribution in [1.29, 1.82) is 0 Å². The zero-order valence-corrected chi connectivity index (χ0v) is 8.71. The van der Waals surface area contributed by atoms with Crippen molar-refractivity contribution in [1.82, 2.24) is 15.0 Å². The van der Waals surface area contributed by atoms with Crippen LogP contribution in [0.25, 0.3) is 11.5 Å². The van der Waals surface area contributed by atoms with Gasteiger partial charge in [-0.2, -0.15) is 0 Å². The largest absolute Gasteiger partial charge is 0.365 e. The molecule has 5 heteroatoms. The van der Waals surface area contributed by atoms with E-state index in [-0.39, 0.29) is 0 Å². The zero-order chi connectivity index (χ0) is 11.5. The Bertz CT molecular complexity index is 525. The molecule has 0 aliphatic carbocycles. The van der Waals surface area contributed by atoms with E-state index in [0.29, 0.717) is 22.8 Å². The van der Waals surface area contributed by atoms with E-state index in [1.165, 1.54) is 6.20 Å². The number of rotatable bonds is 2. The van der Waals surface area contributed by atoms with Crippen LogP contribution >= 0.6 is 0 Å². The molecular weight excluding hydrogens is 204 g/mol. The number of hydrogen-bond acceptors (Lipinski definition) is 4. The molecule has 2 rings (SSSR count). The highest BCUT2D eigenvalue weighted by atomic mass is 16.1. The SMILES string of the molecule is Cc1nc(-c2ccccn2)ncc1C(N)=O. The number of carbonyl (C=O) groups is 1. The number of nitrogens with zero attached hydrogens (tertiary/aromatic N) is 3. The molecule has 16 heavy (non-hydrogen) atoms. The molecule has 0 aromatic carbocycles. The van der Waals surface area contributed by atoms with E-state index in [4.69, 9.17) is 5.73 Å². The molecule has 1 amide bonds. The Labute approximate surface area is 92.4 Å². The Hall–Kier alpha value is -2.30. The predicted molar refractivity (Wildman–Crippen MR) is 58.5 cm³/mol. The second-order valence-corrected chi connectivity index (χ2v) is 3.27. The summed E-state index contributed by atoms with van der Waals surface area (Å²) < 4.78 is 0. The summed E-state index contributed by atoms with van der Waals surface area (Å²) in [6, 6.07) is 5.47. The molecule has 0 aliphatic heterocycles. The molecule has 2 heterocycles. The topological polar surface area (TPSA) is 81.8 Å². The van der Waals surface area contributed by atoms with Crippen LogP contribution in [0.5, 0.6) is 0 Å². The molecule has 0 atom stereocenters. The summed E-state index contributed by atoms with van der Waals surface area (Å²) in [5.74, 6) is -0.0341. The first-order valence-electron chi connectivity index (χ1n) is 4.73. The van der Waals surface area contributed by atoms with Gasteiger partial charge in [-0.15, -0.1) is 0 Å². The Morgan fingerprint density at radius 1 is 1.31 bits per heavy atom. The first-order valence-corrected chi connectivity index (χ1v) is 4.73. The zero-order valence-electron chi connectivity index (χ0n) is 8.71. The third kappa shape index (κ3) is 1.88. The molecule has 0 saturated heterocycles. The summed E-state index contributed by atoms with van der Waals surface area (Å²) in [7, 11) is 0. The summed E-state index contributed by atoms with van der Waals surface area (Å²) >= 11 is 0. The van der Waals surface area contributed by atoms with Crippen LogP contribution in [0.2, 0.25) is 0 Å². The summed E-state index contributed by atoms with van der Waals surface area (Å²) in [6.07, 6.45) is 3.09. The molecule has 0 spiro atoms. The number of amides is 1. The minimum absolute atomic E-state index is 0.333. The third-order valence-electron chi connectivity index (χ3n) is 2.14. The maximum Gasteiger partial charge on any atom is 0.252 e. The fourth-order valence-electron chi connectivity index (χ4n) is 1.33. The molecule has 0 radical (unpaired) electrons. The number of carbonyl (C=O) groups excluding carboxylic acids is 1. The average Bonchev–Trinajstić information content (AvgIpc) is 2.29. The molecule has 0 aliphatic rings. The molecule has 0 unspecified atom stereocenters. The van der Waals surface area contributed by atoms with Gasteiger partial charge in [0.2, 0.25) is 0 Å². The van der Waals surface area contributed by atoms with Crippen LogP contribution in [0.4, 0.5) is 0 Å². The number of pyridine rings is 1. The van der Waals surface area contributed by atoms with E-state index in [0.717, 1.165) is 0 Å². The van der Waals surface area contributed by atoms with Gasteiger partial charge >= 0.3 is 0 Å². The Balaban J connectivity index is 2.46. The lowest BCUT2D eigenvalue weighted by Crippen LogP contribution is -2.14. The maximum atomic E-state index is 11.0. The van der Waals surface area contributed by atoms with Crippen LogP contribution in [-0.2, 0) is 0 Å². The molecule has 2 N–H and O–H groups in total. The quantitative estimate of drug-likeness (QED) is 0.806. The normalized spacial score (nSPS) is 10.1. The van der Waals surface area contributed by atoms with E-state index < -0.39 is 5.91 Å². The first-order chi connectivity index (χ1) is 7.68. The van der Waals surface area contributed by atoms with Crippen molar-refractivity contribution >= 4 is 5.91 Å². The van der Waals surface area contributed by atoms with Gasteiger partial charge in [0.05, 0.1) is 11.3 Å². The molecule has 0 bridgehead atoms. The Kier molecular flexibility index (Phi) is 2.59. The van der Waals surface area contributed by atoms with E-state index in [1.807, 2.05) is 12.1 Å². The lowest BCUT2D eigenvalue weighted by molar-refractivity contribution is 0.0999. The molecule has 2 aromatic rings.